The fourth-order valence-electron chi connectivity index (χ4n) is 3.57. The molecule has 17 heavy (non-hydrogen) atoms. The van der Waals surface area contributed by atoms with Crippen molar-refractivity contribution >= 4 is 0 Å². The van der Waals surface area contributed by atoms with Crippen LogP contribution in [-0.4, -0.2) is 37.6 Å². The quantitative estimate of drug-likeness (QED) is 0.755. The molecule has 0 bridgehead atoms. The van der Waals surface area contributed by atoms with Gasteiger partial charge in [0.1, 0.15) is 0 Å². The van der Waals surface area contributed by atoms with Crippen LogP contribution in [-0.2, 0) is 0 Å². The minimum Gasteiger partial charge on any atom is -0.317 e. The summed E-state index contributed by atoms with van der Waals surface area (Å²) in [5.74, 6) is 0. The summed E-state index contributed by atoms with van der Waals surface area (Å²) >= 11 is 0. The summed E-state index contributed by atoms with van der Waals surface area (Å²) in [7, 11) is 0. The number of nitrogens with one attached hydrogen (secondary N) is 1. The third-order valence-electron chi connectivity index (χ3n) is 4.41. The van der Waals surface area contributed by atoms with Crippen LogP contribution in [0.15, 0.2) is 11.6 Å². The summed E-state index contributed by atoms with van der Waals surface area (Å²) < 4.78 is 0. The predicted molar refractivity (Wildman–Crippen MR) is 74.3 cm³/mol. The van der Waals surface area contributed by atoms with Gasteiger partial charge in [-0.2, -0.15) is 0 Å². The van der Waals surface area contributed by atoms with Gasteiger partial charge in [-0.05, 0) is 51.1 Å². The molecule has 1 saturated heterocycles. The van der Waals surface area contributed by atoms with E-state index < -0.39 is 0 Å². The fraction of sp³-hybridized carbons (Fsp3) is 0.867. The van der Waals surface area contributed by atoms with Crippen LogP contribution in [0.1, 0.15) is 46.0 Å². The van der Waals surface area contributed by atoms with Gasteiger partial charge >= 0.3 is 0 Å². The minimum absolute atomic E-state index is 0.609. The molecule has 0 amide bonds. The molecule has 1 N–H and O–H groups in total. The van der Waals surface area contributed by atoms with Crippen molar-refractivity contribution in [3.05, 3.63) is 11.6 Å². The van der Waals surface area contributed by atoms with Gasteiger partial charge in [-0.15, -0.1) is 0 Å². The lowest BCUT2D eigenvalue weighted by Gasteiger charge is -2.42. The molecule has 98 valence electrons. The highest BCUT2D eigenvalue weighted by molar-refractivity contribution is 5.05. The monoisotopic (exact) mass is 236 g/mol. The van der Waals surface area contributed by atoms with Crippen LogP contribution in [0.25, 0.3) is 0 Å². The van der Waals surface area contributed by atoms with Gasteiger partial charge in [0.05, 0.1) is 0 Å². The summed E-state index contributed by atoms with van der Waals surface area (Å²) in [6.07, 6.45) is 9.16. The van der Waals surface area contributed by atoms with Crippen LogP contribution in [0, 0.1) is 5.41 Å². The van der Waals surface area contributed by atoms with Crippen molar-refractivity contribution in [3.8, 4) is 0 Å². The zero-order valence-corrected chi connectivity index (χ0v) is 11.6. The Kier molecular flexibility index (Phi) is 4.63. The van der Waals surface area contributed by atoms with Crippen molar-refractivity contribution in [2.45, 2.75) is 46.0 Å². The van der Waals surface area contributed by atoms with E-state index in [1.807, 2.05) is 0 Å². The molecule has 2 aliphatic rings. The highest BCUT2D eigenvalue weighted by Gasteiger charge is 2.33. The molecule has 0 aromatic carbocycles. The van der Waals surface area contributed by atoms with Crippen molar-refractivity contribution in [2.24, 2.45) is 5.41 Å². The van der Waals surface area contributed by atoms with Crippen molar-refractivity contribution < 1.29 is 0 Å². The molecule has 0 aromatic rings. The van der Waals surface area contributed by atoms with E-state index in [9.17, 15) is 0 Å². The predicted octanol–water partition coefficient (Wildman–Crippen LogP) is 2.81. The Bertz CT molecular complexity index is 259. The first kappa shape index (κ1) is 13.1. The molecular formula is C15H28N2. The fourth-order valence-corrected chi connectivity index (χ4v) is 3.57. The average Bonchev–Trinajstić information content (AvgIpc) is 2.30. The molecular weight excluding hydrogens is 208 g/mol. The first-order chi connectivity index (χ1) is 8.24. The molecule has 0 atom stereocenters. The van der Waals surface area contributed by atoms with Crippen molar-refractivity contribution in [2.75, 3.05) is 32.7 Å². The smallest absolute Gasteiger partial charge is 0.0190 e. The van der Waals surface area contributed by atoms with E-state index in [1.165, 1.54) is 64.8 Å². The molecule has 0 radical (unpaired) electrons. The topological polar surface area (TPSA) is 15.3 Å². The molecule has 2 nitrogen and oxygen atoms in total. The second-order valence-electron chi connectivity index (χ2n) is 6.05. The van der Waals surface area contributed by atoms with Crippen molar-refractivity contribution in [1.82, 2.24) is 10.2 Å². The zero-order chi connectivity index (χ0) is 12.1. The number of rotatable bonds is 4. The lowest BCUT2D eigenvalue weighted by molar-refractivity contribution is 0.104. The minimum atomic E-state index is 0.609. The lowest BCUT2D eigenvalue weighted by atomic mass is 9.74. The van der Waals surface area contributed by atoms with E-state index in [1.54, 1.807) is 5.57 Å². The molecule has 0 saturated carbocycles. The summed E-state index contributed by atoms with van der Waals surface area (Å²) in [4.78, 5) is 2.69. The third kappa shape index (κ3) is 3.56. The number of piperidine rings is 1. The standard InChI is InChI=1S/C15H28N2/c1-3-6-15(7-9-16-10-8-15)13-17-11-4-5-14(2)12-17/h5,16H,3-4,6-13H2,1-2H3. The van der Waals surface area contributed by atoms with Crippen LogP contribution in [0.3, 0.4) is 0 Å². The summed E-state index contributed by atoms with van der Waals surface area (Å²) in [6, 6.07) is 0. The molecule has 1 fully saturated rings. The van der Waals surface area contributed by atoms with Crippen LogP contribution >= 0.6 is 0 Å². The van der Waals surface area contributed by atoms with E-state index in [-0.39, 0.29) is 0 Å². The van der Waals surface area contributed by atoms with Gasteiger partial charge in [0.15, 0.2) is 0 Å². The van der Waals surface area contributed by atoms with E-state index in [2.05, 4.69) is 30.1 Å². The maximum Gasteiger partial charge on any atom is 0.0190 e. The second kappa shape index (κ2) is 6.01. The average molecular weight is 236 g/mol. The van der Waals surface area contributed by atoms with Crippen molar-refractivity contribution in [3.63, 3.8) is 0 Å². The Hall–Kier alpha value is -0.340. The summed E-state index contributed by atoms with van der Waals surface area (Å²) in [5, 5.41) is 3.51. The van der Waals surface area contributed by atoms with Gasteiger partial charge in [-0.1, -0.05) is 25.0 Å². The van der Waals surface area contributed by atoms with E-state index in [4.69, 9.17) is 0 Å². The highest BCUT2D eigenvalue weighted by Crippen LogP contribution is 2.35. The molecule has 0 aliphatic carbocycles. The van der Waals surface area contributed by atoms with Crippen LogP contribution in [0.4, 0.5) is 0 Å². The Morgan fingerprint density at radius 1 is 1.35 bits per heavy atom. The number of hydrogen-bond acceptors (Lipinski definition) is 2. The molecule has 2 heterocycles. The Labute approximate surface area is 106 Å². The first-order valence-corrected chi connectivity index (χ1v) is 7.33. The molecule has 2 aliphatic heterocycles. The van der Waals surface area contributed by atoms with Gasteiger partial charge in [0.2, 0.25) is 0 Å². The maximum atomic E-state index is 3.51. The van der Waals surface area contributed by atoms with Crippen LogP contribution in [0.2, 0.25) is 0 Å². The Balaban J connectivity index is 1.94. The van der Waals surface area contributed by atoms with Crippen LogP contribution < -0.4 is 5.32 Å². The maximum absolute atomic E-state index is 3.51. The highest BCUT2D eigenvalue weighted by atomic mass is 15.1. The normalized spacial score (nSPS) is 25.6. The van der Waals surface area contributed by atoms with Gasteiger partial charge in [0, 0.05) is 19.6 Å². The van der Waals surface area contributed by atoms with E-state index in [0.717, 1.165) is 0 Å². The van der Waals surface area contributed by atoms with Gasteiger partial charge in [-0.25, -0.2) is 0 Å². The third-order valence-corrected chi connectivity index (χ3v) is 4.41. The van der Waals surface area contributed by atoms with Gasteiger partial charge < -0.3 is 5.32 Å². The van der Waals surface area contributed by atoms with Crippen LogP contribution in [0.5, 0.6) is 0 Å². The largest absolute Gasteiger partial charge is 0.317 e. The van der Waals surface area contributed by atoms with E-state index >= 15 is 0 Å². The molecule has 2 rings (SSSR count). The zero-order valence-electron chi connectivity index (χ0n) is 11.6. The number of nitrogens with zero attached hydrogens (tertiary/aromatic N) is 1. The summed E-state index contributed by atoms with van der Waals surface area (Å²) in [5.41, 5.74) is 2.18. The molecule has 0 spiro atoms. The molecule has 0 unspecified atom stereocenters. The number of hydrogen-bond donors (Lipinski definition) is 1. The Morgan fingerprint density at radius 3 is 2.76 bits per heavy atom. The van der Waals surface area contributed by atoms with E-state index in [0.29, 0.717) is 5.41 Å². The van der Waals surface area contributed by atoms with Gasteiger partial charge in [0.25, 0.3) is 0 Å². The Morgan fingerprint density at radius 2 is 2.12 bits per heavy atom. The summed E-state index contributed by atoms with van der Waals surface area (Å²) in [6.45, 7) is 10.9. The molecule has 2 heteroatoms. The van der Waals surface area contributed by atoms with Crippen molar-refractivity contribution in [1.29, 1.82) is 0 Å². The van der Waals surface area contributed by atoms with Gasteiger partial charge in [-0.3, -0.25) is 4.90 Å². The molecule has 0 aromatic heterocycles. The SMILES string of the molecule is CCCC1(CN2CCC=C(C)C2)CCNCC1. The lowest BCUT2D eigenvalue weighted by Crippen LogP contribution is -2.46. The second-order valence-corrected chi connectivity index (χ2v) is 6.05. The first-order valence-electron chi connectivity index (χ1n) is 7.33.